The minimum absolute atomic E-state index is 0. The SMILES string of the molecule is C.CC(C)(C)OOC(=O)c1ccc(N)cc1. The van der Waals surface area contributed by atoms with Crippen LogP contribution in [0.1, 0.15) is 38.6 Å². The molecule has 0 aliphatic rings. The molecule has 0 spiro atoms. The molecule has 4 nitrogen and oxygen atoms in total. The number of nitrogen functional groups attached to an aromatic ring is 1. The van der Waals surface area contributed by atoms with Crippen LogP contribution in [0.2, 0.25) is 0 Å². The topological polar surface area (TPSA) is 61.5 Å². The number of rotatable bonds is 2. The van der Waals surface area contributed by atoms with Gasteiger partial charge in [0.15, 0.2) is 0 Å². The van der Waals surface area contributed by atoms with Crippen LogP contribution in [-0.2, 0) is 9.78 Å². The highest BCUT2D eigenvalue weighted by molar-refractivity contribution is 5.89. The fraction of sp³-hybridized carbons (Fsp3) is 0.417. The molecule has 0 aliphatic carbocycles. The Morgan fingerprint density at radius 3 is 2.12 bits per heavy atom. The summed E-state index contributed by atoms with van der Waals surface area (Å²) in [6.45, 7) is 5.38. The van der Waals surface area contributed by atoms with Crippen molar-refractivity contribution in [3.05, 3.63) is 29.8 Å². The molecule has 0 amide bonds. The fourth-order valence-corrected chi connectivity index (χ4v) is 0.830. The second kappa shape index (κ2) is 5.51. The van der Waals surface area contributed by atoms with Crippen LogP contribution in [0.4, 0.5) is 5.69 Å². The van der Waals surface area contributed by atoms with Gasteiger partial charge >= 0.3 is 5.97 Å². The van der Waals surface area contributed by atoms with Gasteiger partial charge in [0, 0.05) is 5.69 Å². The Balaban J connectivity index is 0.00000225. The summed E-state index contributed by atoms with van der Waals surface area (Å²) in [6, 6.07) is 6.44. The van der Waals surface area contributed by atoms with Crippen LogP contribution >= 0.6 is 0 Å². The Bertz CT molecular complexity index is 338. The van der Waals surface area contributed by atoms with E-state index in [-0.39, 0.29) is 7.43 Å². The molecule has 0 fully saturated rings. The first kappa shape index (κ1) is 14.5. The highest BCUT2D eigenvalue weighted by Crippen LogP contribution is 2.11. The minimum atomic E-state index is -0.523. The molecule has 16 heavy (non-hydrogen) atoms. The second-order valence-electron chi connectivity index (χ2n) is 4.19. The lowest BCUT2D eigenvalue weighted by molar-refractivity contribution is -0.301. The number of hydrogen-bond donors (Lipinski definition) is 1. The Morgan fingerprint density at radius 2 is 1.69 bits per heavy atom. The van der Waals surface area contributed by atoms with Crippen LogP contribution in [0.5, 0.6) is 0 Å². The van der Waals surface area contributed by atoms with Gasteiger partial charge < -0.3 is 5.73 Å². The van der Waals surface area contributed by atoms with E-state index in [1.54, 1.807) is 45.0 Å². The molecular formula is C12H19NO3. The number of nitrogens with two attached hydrogens (primary N) is 1. The molecule has 0 saturated carbocycles. The van der Waals surface area contributed by atoms with Gasteiger partial charge in [0.05, 0.1) is 5.56 Å². The maximum atomic E-state index is 11.4. The molecule has 0 atom stereocenters. The van der Waals surface area contributed by atoms with E-state index in [0.717, 1.165) is 0 Å². The molecule has 0 radical (unpaired) electrons. The molecular weight excluding hydrogens is 206 g/mol. The van der Waals surface area contributed by atoms with E-state index < -0.39 is 11.6 Å². The lowest BCUT2D eigenvalue weighted by Gasteiger charge is -2.16. The fourth-order valence-electron chi connectivity index (χ4n) is 0.830. The molecule has 0 aromatic heterocycles. The van der Waals surface area contributed by atoms with Gasteiger partial charge in [-0.05, 0) is 45.0 Å². The van der Waals surface area contributed by atoms with Crippen molar-refractivity contribution in [1.82, 2.24) is 0 Å². The van der Waals surface area contributed by atoms with Crippen molar-refractivity contribution in [2.24, 2.45) is 0 Å². The van der Waals surface area contributed by atoms with Crippen LogP contribution in [0.3, 0.4) is 0 Å². The molecule has 1 aromatic rings. The van der Waals surface area contributed by atoms with Crippen molar-refractivity contribution in [3.8, 4) is 0 Å². The summed E-state index contributed by atoms with van der Waals surface area (Å²) in [7, 11) is 0. The van der Waals surface area contributed by atoms with Crippen LogP contribution in [0.25, 0.3) is 0 Å². The van der Waals surface area contributed by atoms with E-state index >= 15 is 0 Å². The average molecular weight is 225 g/mol. The van der Waals surface area contributed by atoms with E-state index in [0.29, 0.717) is 11.3 Å². The van der Waals surface area contributed by atoms with E-state index in [4.69, 9.17) is 10.6 Å². The summed E-state index contributed by atoms with van der Waals surface area (Å²) in [5, 5.41) is 0. The summed E-state index contributed by atoms with van der Waals surface area (Å²) in [5.41, 5.74) is 5.99. The third kappa shape index (κ3) is 4.79. The first-order chi connectivity index (χ1) is 6.88. The maximum absolute atomic E-state index is 11.4. The zero-order valence-corrected chi connectivity index (χ0v) is 9.11. The van der Waals surface area contributed by atoms with E-state index in [2.05, 4.69) is 4.89 Å². The van der Waals surface area contributed by atoms with Crippen molar-refractivity contribution >= 4 is 11.7 Å². The molecule has 0 saturated heterocycles. The first-order valence-electron chi connectivity index (χ1n) is 4.64. The summed E-state index contributed by atoms with van der Waals surface area (Å²) in [4.78, 5) is 21.0. The van der Waals surface area contributed by atoms with E-state index in [1.807, 2.05) is 0 Å². The lowest BCUT2D eigenvalue weighted by Crippen LogP contribution is -2.21. The minimum Gasteiger partial charge on any atom is -0.399 e. The average Bonchev–Trinajstić information content (AvgIpc) is 2.14. The molecule has 90 valence electrons. The number of benzene rings is 1. The van der Waals surface area contributed by atoms with Crippen molar-refractivity contribution in [3.63, 3.8) is 0 Å². The van der Waals surface area contributed by atoms with Crippen molar-refractivity contribution in [1.29, 1.82) is 0 Å². The normalized spacial score (nSPS) is 10.4. The summed E-state index contributed by atoms with van der Waals surface area (Å²) in [5.74, 6) is -0.523. The van der Waals surface area contributed by atoms with E-state index in [9.17, 15) is 4.79 Å². The Hall–Kier alpha value is -1.55. The third-order valence-corrected chi connectivity index (χ3v) is 1.51. The van der Waals surface area contributed by atoms with Gasteiger partial charge in [0.25, 0.3) is 0 Å². The summed E-state index contributed by atoms with van der Waals surface area (Å²) < 4.78 is 0. The summed E-state index contributed by atoms with van der Waals surface area (Å²) in [6.07, 6.45) is 0. The number of carbonyl (C=O) groups excluding carboxylic acids is 1. The smallest absolute Gasteiger partial charge is 0.373 e. The lowest BCUT2D eigenvalue weighted by atomic mass is 10.2. The second-order valence-corrected chi connectivity index (χ2v) is 4.19. The molecule has 0 unspecified atom stereocenters. The number of anilines is 1. The Labute approximate surface area is 96.3 Å². The zero-order valence-electron chi connectivity index (χ0n) is 9.11. The molecule has 1 rings (SSSR count). The van der Waals surface area contributed by atoms with Crippen LogP contribution in [-0.4, -0.2) is 11.6 Å². The highest BCUT2D eigenvalue weighted by atomic mass is 17.2. The summed E-state index contributed by atoms with van der Waals surface area (Å²) >= 11 is 0. The molecule has 4 heteroatoms. The van der Waals surface area contributed by atoms with Gasteiger partial charge in [0.2, 0.25) is 0 Å². The Kier molecular flexibility index (Phi) is 4.98. The quantitative estimate of drug-likeness (QED) is 0.477. The highest BCUT2D eigenvalue weighted by Gasteiger charge is 2.16. The number of hydrogen-bond acceptors (Lipinski definition) is 4. The molecule has 1 aromatic carbocycles. The molecule has 2 N–H and O–H groups in total. The third-order valence-electron chi connectivity index (χ3n) is 1.51. The van der Waals surface area contributed by atoms with Gasteiger partial charge in [-0.3, -0.25) is 4.89 Å². The van der Waals surface area contributed by atoms with Crippen molar-refractivity contribution < 1.29 is 14.6 Å². The number of carbonyl (C=O) groups is 1. The molecule has 0 aliphatic heterocycles. The standard InChI is InChI=1S/C11H15NO3.CH4/c1-11(2,3)15-14-10(13)8-4-6-9(12)7-5-8;/h4-7H,12H2,1-3H3;1H4. The molecule has 0 bridgehead atoms. The van der Waals surface area contributed by atoms with Gasteiger partial charge in [-0.15, -0.1) is 0 Å². The van der Waals surface area contributed by atoms with Gasteiger partial charge in [0.1, 0.15) is 5.60 Å². The van der Waals surface area contributed by atoms with Gasteiger partial charge in [-0.2, -0.15) is 4.89 Å². The first-order valence-corrected chi connectivity index (χ1v) is 4.64. The molecule has 0 heterocycles. The van der Waals surface area contributed by atoms with Gasteiger partial charge in [-0.25, -0.2) is 4.79 Å². The van der Waals surface area contributed by atoms with Crippen LogP contribution < -0.4 is 5.73 Å². The van der Waals surface area contributed by atoms with E-state index in [1.165, 1.54) is 0 Å². The maximum Gasteiger partial charge on any atom is 0.373 e. The van der Waals surface area contributed by atoms with Crippen LogP contribution in [0, 0.1) is 0 Å². The zero-order chi connectivity index (χ0) is 11.5. The van der Waals surface area contributed by atoms with Crippen molar-refractivity contribution in [2.45, 2.75) is 33.8 Å². The Morgan fingerprint density at radius 1 is 1.19 bits per heavy atom. The van der Waals surface area contributed by atoms with Crippen LogP contribution in [0.15, 0.2) is 24.3 Å². The predicted octanol–water partition coefficient (Wildman–Crippen LogP) is 2.79. The van der Waals surface area contributed by atoms with Crippen molar-refractivity contribution in [2.75, 3.05) is 5.73 Å². The monoisotopic (exact) mass is 225 g/mol. The largest absolute Gasteiger partial charge is 0.399 e. The predicted molar refractivity (Wildman–Crippen MR) is 63.8 cm³/mol. The van der Waals surface area contributed by atoms with Gasteiger partial charge in [-0.1, -0.05) is 7.43 Å².